The molecule has 12 heavy (non-hydrogen) atoms. The van der Waals surface area contributed by atoms with Gasteiger partial charge in [-0.3, -0.25) is 0 Å². The Morgan fingerprint density at radius 2 is 2.08 bits per heavy atom. The third kappa shape index (κ3) is 2.91. The van der Waals surface area contributed by atoms with E-state index in [1.54, 1.807) is 0 Å². The van der Waals surface area contributed by atoms with E-state index < -0.39 is 0 Å². The van der Waals surface area contributed by atoms with Gasteiger partial charge in [-0.15, -0.1) is 0 Å². The third-order valence-electron chi connectivity index (χ3n) is 1.87. The average molecular weight is 159 g/mol. The molecule has 0 heterocycles. The number of benzene rings is 1. The Labute approximate surface area is 74.9 Å². The van der Waals surface area contributed by atoms with Crippen LogP contribution in [0.3, 0.4) is 0 Å². The van der Waals surface area contributed by atoms with E-state index >= 15 is 0 Å². The van der Waals surface area contributed by atoms with E-state index in [-0.39, 0.29) is 0 Å². The summed E-state index contributed by atoms with van der Waals surface area (Å²) in [5.74, 6) is 0.636. The Kier molecular flexibility index (Phi) is 3.59. The lowest BCUT2D eigenvalue weighted by molar-refractivity contribution is 0.722. The minimum absolute atomic E-state index is 0.636. The summed E-state index contributed by atoms with van der Waals surface area (Å²) >= 11 is 0. The Bertz CT molecular complexity index is 233. The van der Waals surface area contributed by atoms with Crippen molar-refractivity contribution in [2.75, 3.05) is 0 Å². The van der Waals surface area contributed by atoms with Gasteiger partial charge in [-0.25, -0.2) is 0 Å². The second-order valence-corrected chi connectivity index (χ2v) is 3.12. The van der Waals surface area contributed by atoms with E-state index in [9.17, 15) is 0 Å². The van der Waals surface area contributed by atoms with Gasteiger partial charge in [0.15, 0.2) is 0 Å². The van der Waals surface area contributed by atoms with Crippen molar-refractivity contribution in [1.82, 2.24) is 0 Å². The van der Waals surface area contributed by atoms with Gasteiger partial charge in [0.2, 0.25) is 0 Å². The fourth-order valence-electron chi connectivity index (χ4n) is 1.33. The van der Waals surface area contributed by atoms with Crippen molar-refractivity contribution in [3.8, 4) is 0 Å². The standard InChI is InChI=1S/C12H15/c1-3-7-11(2)10-12-8-5-4-6-9-12/h3,5-9,11H,10H2,1-2H3/t11-/m0/s1. The molecule has 1 aromatic rings. The van der Waals surface area contributed by atoms with Crippen LogP contribution in [0.1, 0.15) is 19.4 Å². The zero-order valence-electron chi connectivity index (χ0n) is 7.75. The number of rotatable bonds is 3. The Balaban J connectivity index is 2.52. The van der Waals surface area contributed by atoms with Crippen molar-refractivity contribution in [2.24, 2.45) is 5.92 Å². The van der Waals surface area contributed by atoms with Crippen LogP contribution in [0.25, 0.3) is 0 Å². The molecular weight excluding hydrogens is 144 g/mol. The normalized spacial score (nSPS) is 13.5. The highest BCUT2D eigenvalue weighted by Gasteiger charge is 1.97. The molecule has 0 amide bonds. The second kappa shape index (κ2) is 4.76. The van der Waals surface area contributed by atoms with Crippen LogP contribution >= 0.6 is 0 Å². The molecule has 0 aliphatic carbocycles. The van der Waals surface area contributed by atoms with Crippen molar-refractivity contribution in [3.63, 3.8) is 0 Å². The maximum absolute atomic E-state index is 3.02. The smallest absolute Gasteiger partial charge is 0.0184 e. The quantitative estimate of drug-likeness (QED) is 0.594. The van der Waals surface area contributed by atoms with E-state index in [0.29, 0.717) is 5.92 Å². The van der Waals surface area contributed by atoms with Crippen LogP contribution < -0.4 is 0 Å². The zero-order valence-corrected chi connectivity index (χ0v) is 7.75. The van der Waals surface area contributed by atoms with Crippen LogP contribution in [-0.2, 0) is 6.42 Å². The molecule has 0 aliphatic heterocycles. The first-order chi connectivity index (χ1) is 5.83. The summed E-state index contributed by atoms with van der Waals surface area (Å²) in [4.78, 5) is 0. The molecule has 1 aromatic carbocycles. The molecule has 0 bridgehead atoms. The van der Waals surface area contributed by atoms with Gasteiger partial charge >= 0.3 is 0 Å². The van der Waals surface area contributed by atoms with Crippen LogP contribution in [0.4, 0.5) is 0 Å². The molecule has 1 atom stereocenters. The Morgan fingerprint density at radius 1 is 1.42 bits per heavy atom. The zero-order chi connectivity index (χ0) is 8.81. The molecular formula is C12H15. The van der Waals surface area contributed by atoms with Crippen LogP contribution in [0.5, 0.6) is 0 Å². The van der Waals surface area contributed by atoms with Gasteiger partial charge in [0, 0.05) is 0 Å². The van der Waals surface area contributed by atoms with Gasteiger partial charge in [0.05, 0.1) is 0 Å². The topological polar surface area (TPSA) is 0 Å². The minimum Gasteiger partial charge on any atom is -0.0914 e. The molecule has 63 valence electrons. The molecule has 0 N–H and O–H groups in total. The molecule has 1 rings (SSSR count). The molecule has 0 saturated carbocycles. The SMILES string of the molecule is CC=C[C@H](C)Cc1cc[c]cc1. The van der Waals surface area contributed by atoms with E-state index in [4.69, 9.17) is 0 Å². The Morgan fingerprint density at radius 3 is 2.67 bits per heavy atom. The number of hydrogen-bond donors (Lipinski definition) is 0. The number of allylic oxidation sites excluding steroid dienone is 2. The average Bonchev–Trinajstić information content (AvgIpc) is 2.06. The van der Waals surface area contributed by atoms with Crippen LogP contribution in [0.2, 0.25) is 0 Å². The molecule has 0 nitrogen and oxygen atoms in total. The monoisotopic (exact) mass is 159 g/mol. The summed E-state index contributed by atoms with van der Waals surface area (Å²) in [7, 11) is 0. The lowest BCUT2D eigenvalue weighted by atomic mass is 10.0. The minimum atomic E-state index is 0.636. The molecule has 0 unspecified atom stereocenters. The lowest BCUT2D eigenvalue weighted by Crippen LogP contribution is -1.94. The molecule has 1 radical (unpaired) electrons. The summed E-state index contributed by atoms with van der Waals surface area (Å²) in [5.41, 5.74) is 1.39. The Hall–Kier alpha value is -1.04. The fourth-order valence-corrected chi connectivity index (χ4v) is 1.33. The van der Waals surface area contributed by atoms with E-state index in [2.05, 4.69) is 44.2 Å². The first kappa shape index (κ1) is 9.05. The highest BCUT2D eigenvalue weighted by Crippen LogP contribution is 2.08. The maximum atomic E-state index is 3.02. The van der Waals surface area contributed by atoms with E-state index in [0.717, 1.165) is 6.42 Å². The summed E-state index contributed by atoms with van der Waals surface area (Å²) < 4.78 is 0. The predicted octanol–water partition coefficient (Wildman–Crippen LogP) is 3.24. The highest BCUT2D eigenvalue weighted by molar-refractivity contribution is 5.15. The van der Waals surface area contributed by atoms with Gasteiger partial charge in [-0.2, -0.15) is 0 Å². The molecule has 0 fully saturated rings. The van der Waals surface area contributed by atoms with Gasteiger partial charge in [0.1, 0.15) is 0 Å². The fraction of sp³-hybridized carbons (Fsp3) is 0.333. The first-order valence-electron chi connectivity index (χ1n) is 4.40. The first-order valence-corrected chi connectivity index (χ1v) is 4.40. The van der Waals surface area contributed by atoms with Gasteiger partial charge in [-0.05, 0) is 30.9 Å². The van der Waals surface area contributed by atoms with Gasteiger partial charge < -0.3 is 0 Å². The van der Waals surface area contributed by atoms with Crippen molar-refractivity contribution in [3.05, 3.63) is 48.0 Å². The summed E-state index contributed by atoms with van der Waals surface area (Å²) in [5, 5.41) is 0. The summed E-state index contributed by atoms with van der Waals surface area (Å²) in [6.45, 7) is 4.30. The molecule has 0 aliphatic rings. The summed E-state index contributed by atoms with van der Waals surface area (Å²) in [6.07, 6.45) is 5.47. The van der Waals surface area contributed by atoms with Gasteiger partial charge in [0.25, 0.3) is 0 Å². The largest absolute Gasteiger partial charge is 0.0914 e. The van der Waals surface area contributed by atoms with Crippen molar-refractivity contribution in [2.45, 2.75) is 20.3 Å². The van der Waals surface area contributed by atoms with Gasteiger partial charge in [-0.1, -0.05) is 43.3 Å². The van der Waals surface area contributed by atoms with E-state index in [1.165, 1.54) is 5.56 Å². The predicted molar refractivity (Wildman–Crippen MR) is 53.0 cm³/mol. The molecule has 0 aromatic heterocycles. The van der Waals surface area contributed by atoms with Crippen LogP contribution in [0, 0.1) is 12.0 Å². The highest BCUT2D eigenvalue weighted by atomic mass is 14.0. The van der Waals surface area contributed by atoms with E-state index in [1.807, 2.05) is 12.1 Å². The second-order valence-electron chi connectivity index (χ2n) is 3.12. The lowest BCUT2D eigenvalue weighted by Gasteiger charge is -2.04. The van der Waals surface area contributed by atoms with Crippen molar-refractivity contribution < 1.29 is 0 Å². The number of hydrogen-bond acceptors (Lipinski definition) is 0. The molecule has 0 saturated heterocycles. The molecule has 0 heteroatoms. The maximum Gasteiger partial charge on any atom is -0.0184 e. The van der Waals surface area contributed by atoms with Crippen LogP contribution in [0.15, 0.2) is 36.4 Å². The summed E-state index contributed by atoms with van der Waals surface area (Å²) in [6, 6.07) is 11.2. The van der Waals surface area contributed by atoms with Crippen LogP contribution in [-0.4, -0.2) is 0 Å². The van der Waals surface area contributed by atoms with Crippen molar-refractivity contribution >= 4 is 0 Å². The molecule has 0 spiro atoms. The third-order valence-corrected chi connectivity index (χ3v) is 1.87. The van der Waals surface area contributed by atoms with Crippen molar-refractivity contribution in [1.29, 1.82) is 0 Å².